The van der Waals surface area contributed by atoms with E-state index in [-0.39, 0.29) is 126 Å². The Morgan fingerprint density at radius 3 is 1.17 bits per heavy atom. The predicted octanol–water partition coefficient (Wildman–Crippen LogP) is -1.28. The lowest BCUT2D eigenvalue weighted by Crippen LogP contribution is -2.41. The topological polar surface area (TPSA) is 177 Å². The van der Waals surface area contributed by atoms with E-state index in [2.05, 4.69) is 21.3 Å². The van der Waals surface area contributed by atoms with Crippen LogP contribution >= 0.6 is 11.8 Å². The van der Waals surface area contributed by atoms with Gasteiger partial charge in [-0.2, -0.15) is 0 Å². The molecule has 0 rings (SSSR count). The third kappa shape index (κ3) is 18.1. The molecular weight excluding hydrogens is 566 g/mol. The van der Waals surface area contributed by atoms with E-state index in [0.29, 0.717) is 0 Å². The Labute approximate surface area is 252 Å². The highest BCUT2D eigenvalue weighted by Crippen LogP contribution is 2.06. The summed E-state index contributed by atoms with van der Waals surface area (Å²) in [5.74, 6) is -1.73. The molecule has 4 N–H and O–H groups in total. The second-order valence-corrected chi connectivity index (χ2v) is 9.98. The third-order valence-corrected chi connectivity index (χ3v) is 6.72. The zero-order valence-corrected chi connectivity index (χ0v) is 26.3. The minimum Gasteiger partial charge on any atom is -0.359 e. The van der Waals surface area contributed by atoms with E-state index < -0.39 is 0 Å². The number of ketones is 1. The van der Waals surface area contributed by atoms with Gasteiger partial charge in [0, 0.05) is 106 Å². The lowest BCUT2D eigenvalue weighted by atomic mass is 10.2. The SMILES string of the molecule is CNC(=O)CCN(CCC(=O)NC)C(=O)CCN(CCC(=O)N(CCC(=O)NC)CCC(=O)NC)CC(=O)C=CSC. The van der Waals surface area contributed by atoms with Gasteiger partial charge in [-0.05, 0) is 17.7 Å². The Morgan fingerprint density at radius 1 is 0.548 bits per heavy atom. The second-order valence-electron chi connectivity index (χ2n) is 9.24. The summed E-state index contributed by atoms with van der Waals surface area (Å²) >= 11 is 1.37. The standard InChI is InChI=1S/C27H47N7O7S/c1-28-22(36)6-15-33(16-7-23(37)29-2)26(40)10-13-32(20-21(35)12-19-42-5)14-11-27(41)34(17-8-24(38)30-3)18-9-25(39)31-4/h12,19H,6-11,13-18,20H2,1-5H3,(H,28,36)(H,29,37)(H,30,38)(H,31,39). The van der Waals surface area contributed by atoms with Crippen molar-refractivity contribution in [3.05, 3.63) is 11.5 Å². The molecule has 0 spiro atoms. The summed E-state index contributed by atoms with van der Waals surface area (Å²) < 4.78 is 0. The predicted molar refractivity (Wildman–Crippen MR) is 161 cm³/mol. The molecule has 15 heteroatoms. The monoisotopic (exact) mass is 613 g/mol. The minimum absolute atomic E-state index is 0.00621. The average molecular weight is 614 g/mol. The van der Waals surface area contributed by atoms with Gasteiger partial charge in [-0.1, -0.05) is 0 Å². The van der Waals surface area contributed by atoms with Crippen molar-refractivity contribution in [1.29, 1.82) is 0 Å². The van der Waals surface area contributed by atoms with Crippen molar-refractivity contribution in [3.8, 4) is 0 Å². The molecule has 0 saturated heterocycles. The number of carbonyl (C=O) groups excluding carboxylic acids is 7. The molecular formula is C27H47N7O7S. The van der Waals surface area contributed by atoms with Crippen LogP contribution < -0.4 is 21.3 Å². The zero-order valence-electron chi connectivity index (χ0n) is 25.5. The van der Waals surface area contributed by atoms with E-state index in [0.717, 1.165) is 0 Å². The highest BCUT2D eigenvalue weighted by molar-refractivity contribution is 8.01. The minimum atomic E-state index is -0.288. The molecule has 0 bridgehead atoms. The molecule has 0 unspecified atom stereocenters. The van der Waals surface area contributed by atoms with Gasteiger partial charge in [0.1, 0.15) is 0 Å². The number of rotatable bonds is 22. The highest BCUT2D eigenvalue weighted by atomic mass is 32.2. The van der Waals surface area contributed by atoms with Crippen LogP contribution in [0.15, 0.2) is 11.5 Å². The van der Waals surface area contributed by atoms with Crippen molar-refractivity contribution < 1.29 is 33.6 Å². The van der Waals surface area contributed by atoms with Gasteiger partial charge in [0.15, 0.2) is 5.78 Å². The summed E-state index contributed by atoms with van der Waals surface area (Å²) in [6, 6.07) is 0. The first kappa shape index (κ1) is 38.5. The van der Waals surface area contributed by atoms with Crippen LogP contribution in [0.1, 0.15) is 38.5 Å². The lowest BCUT2D eigenvalue weighted by molar-refractivity contribution is -0.133. The van der Waals surface area contributed by atoms with E-state index in [1.54, 1.807) is 10.3 Å². The number of hydrogen-bond acceptors (Lipinski definition) is 9. The summed E-state index contributed by atoms with van der Waals surface area (Å²) in [6.07, 6.45) is 3.57. The fraction of sp³-hybridized carbons (Fsp3) is 0.667. The number of nitrogens with one attached hydrogen (secondary N) is 4. The molecule has 0 aliphatic rings. The number of thioether (sulfide) groups is 1. The van der Waals surface area contributed by atoms with Gasteiger partial charge in [0.2, 0.25) is 35.4 Å². The largest absolute Gasteiger partial charge is 0.359 e. The summed E-state index contributed by atoms with van der Waals surface area (Å²) in [5.41, 5.74) is 0. The van der Waals surface area contributed by atoms with E-state index in [1.807, 2.05) is 6.26 Å². The van der Waals surface area contributed by atoms with Crippen LogP contribution in [-0.4, -0.2) is 136 Å². The quantitative estimate of drug-likeness (QED) is 0.108. The van der Waals surface area contributed by atoms with Crippen LogP contribution in [0.5, 0.6) is 0 Å². The fourth-order valence-corrected chi connectivity index (χ4v) is 3.97. The van der Waals surface area contributed by atoms with E-state index >= 15 is 0 Å². The number of amides is 6. The molecule has 0 saturated carbocycles. The van der Waals surface area contributed by atoms with Crippen LogP contribution in [0.2, 0.25) is 0 Å². The Morgan fingerprint density at radius 2 is 0.881 bits per heavy atom. The third-order valence-electron chi connectivity index (χ3n) is 6.31. The lowest BCUT2D eigenvalue weighted by Gasteiger charge is -2.27. The van der Waals surface area contributed by atoms with Crippen molar-refractivity contribution in [1.82, 2.24) is 36.0 Å². The van der Waals surface area contributed by atoms with Gasteiger partial charge in [-0.15, -0.1) is 11.8 Å². The molecule has 0 aromatic rings. The summed E-state index contributed by atoms with van der Waals surface area (Å²) in [4.78, 5) is 90.3. The molecule has 0 aliphatic carbocycles. The van der Waals surface area contributed by atoms with Crippen molar-refractivity contribution >= 4 is 53.0 Å². The average Bonchev–Trinajstić information content (AvgIpc) is 2.99. The fourth-order valence-electron chi connectivity index (χ4n) is 3.68. The Balaban J connectivity index is 5.52. The van der Waals surface area contributed by atoms with Crippen LogP contribution in [0.3, 0.4) is 0 Å². The number of carbonyl (C=O) groups is 7. The molecule has 0 atom stereocenters. The Hall–Kier alpha value is -3.46. The molecule has 0 aromatic carbocycles. The Bertz CT molecular complexity index is 846. The molecule has 238 valence electrons. The van der Waals surface area contributed by atoms with Crippen LogP contribution in [0, 0.1) is 0 Å². The van der Waals surface area contributed by atoms with Gasteiger partial charge in [0.25, 0.3) is 0 Å². The summed E-state index contributed by atoms with van der Waals surface area (Å²) in [5, 5.41) is 11.7. The number of nitrogens with zero attached hydrogens (tertiary/aromatic N) is 3. The molecule has 0 heterocycles. The smallest absolute Gasteiger partial charge is 0.223 e. The molecule has 0 aliphatic heterocycles. The van der Waals surface area contributed by atoms with Crippen LogP contribution in [0.25, 0.3) is 0 Å². The van der Waals surface area contributed by atoms with Gasteiger partial charge >= 0.3 is 0 Å². The first-order valence-corrected chi connectivity index (χ1v) is 15.1. The molecule has 42 heavy (non-hydrogen) atoms. The van der Waals surface area contributed by atoms with Gasteiger partial charge < -0.3 is 31.1 Å². The maximum Gasteiger partial charge on any atom is 0.223 e. The van der Waals surface area contributed by atoms with E-state index in [4.69, 9.17) is 0 Å². The van der Waals surface area contributed by atoms with Crippen molar-refractivity contribution in [2.24, 2.45) is 0 Å². The summed E-state index contributed by atoms with van der Waals surface area (Å²) in [7, 11) is 6.00. The summed E-state index contributed by atoms with van der Waals surface area (Å²) in [6.45, 7) is 0.842. The van der Waals surface area contributed by atoms with E-state index in [9.17, 15) is 33.6 Å². The van der Waals surface area contributed by atoms with E-state index in [1.165, 1.54) is 55.8 Å². The van der Waals surface area contributed by atoms with Crippen LogP contribution in [-0.2, 0) is 33.6 Å². The molecule has 6 amide bonds. The normalized spacial score (nSPS) is 10.7. The Kier molecular flexibility index (Phi) is 21.2. The highest BCUT2D eigenvalue weighted by Gasteiger charge is 2.21. The van der Waals surface area contributed by atoms with Gasteiger partial charge in [0.05, 0.1) is 6.54 Å². The molecule has 0 aromatic heterocycles. The number of hydrogen-bond donors (Lipinski definition) is 4. The van der Waals surface area contributed by atoms with Crippen molar-refractivity contribution in [2.45, 2.75) is 38.5 Å². The van der Waals surface area contributed by atoms with Crippen molar-refractivity contribution in [2.75, 3.05) is 80.3 Å². The zero-order chi connectivity index (χ0) is 31.9. The van der Waals surface area contributed by atoms with Crippen molar-refractivity contribution in [3.63, 3.8) is 0 Å². The van der Waals surface area contributed by atoms with Gasteiger partial charge in [-0.3, -0.25) is 38.5 Å². The maximum atomic E-state index is 13.1. The van der Waals surface area contributed by atoms with Crippen LogP contribution in [0.4, 0.5) is 0 Å². The maximum absolute atomic E-state index is 13.1. The second kappa shape index (κ2) is 23.1. The molecule has 0 radical (unpaired) electrons. The molecule has 14 nitrogen and oxygen atoms in total. The first-order valence-electron chi connectivity index (χ1n) is 13.8. The molecule has 0 fully saturated rings. The first-order chi connectivity index (χ1) is 20.0. The van der Waals surface area contributed by atoms with Gasteiger partial charge in [-0.25, -0.2) is 0 Å².